The van der Waals surface area contributed by atoms with E-state index in [0.29, 0.717) is 23.7 Å². The third kappa shape index (κ3) is 3.28. The first-order chi connectivity index (χ1) is 14.4. The van der Waals surface area contributed by atoms with Gasteiger partial charge >= 0.3 is 5.69 Å². The van der Waals surface area contributed by atoms with Gasteiger partial charge in [-0.2, -0.15) is 10.1 Å². The van der Waals surface area contributed by atoms with Crippen molar-refractivity contribution in [3.8, 4) is 5.95 Å². The average molecular weight is 406 g/mol. The van der Waals surface area contributed by atoms with Crippen LogP contribution in [0.2, 0.25) is 0 Å². The molecule has 0 saturated carbocycles. The van der Waals surface area contributed by atoms with E-state index in [2.05, 4.69) is 12.0 Å². The molecule has 8 heteroatoms. The number of hydrogen-bond acceptors (Lipinski definition) is 4. The lowest BCUT2D eigenvalue weighted by Crippen LogP contribution is -2.40. The molecule has 0 aliphatic carbocycles. The summed E-state index contributed by atoms with van der Waals surface area (Å²) in [5.41, 5.74) is 2.81. The molecule has 0 saturated heterocycles. The second kappa shape index (κ2) is 7.78. The van der Waals surface area contributed by atoms with Gasteiger partial charge in [-0.1, -0.05) is 43.7 Å². The van der Waals surface area contributed by atoms with Gasteiger partial charge in [-0.3, -0.25) is 13.9 Å². The summed E-state index contributed by atoms with van der Waals surface area (Å²) in [5, 5.41) is 4.55. The van der Waals surface area contributed by atoms with Crippen LogP contribution in [0.5, 0.6) is 0 Å². The minimum Gasteiger partial charge on any atom is -0.302 e. The number of benzene rings is 1. The van der Waals surface area contributed by atoms with Crippen LogP contribution < -0.4 is 11.2 Å². The molecule has 0 bridgehead atoms. The molecular formula is C22H26N6O2. The van der Waals surface area contributed by atoms with E-state index in [1.807, 2.05) is 54.8 Å². The summed E-state index contributed by atoms with van der Waals surface area (Å²) in [4.78, 5) is 31.2. The van der Waals surface area contributed by atoms with Crippen LogP contribution in [0.3, 0.4) is 0 Å². The van der Waals surface area contributed by atoms with Crippen LogP contribution in [0.25, 0.3) is 17.1 Å². The van der Waals surface area contributed by atoms with Gasteiger partial charge in [0.2, 0.25) is 5.95 Å². The lowest BCUT2D eigenvalue weighted by atomic mass is 10.2. The fourth-order valence-electron chi connectivity index (χ4n) is 3.79. The Morgan fingerprint density at radius 1 is 1.03 bits per heavy atom. The molecule has 0 aliphatic heterocycles. The molecule has 8 nitrogen and oxygen atoms in total. The molecule has 4 rings (SSSR count). The number of hydrogen-bond donors (Lipinski definition) is 0. The molecule has 0 radical (unpaired) electrons. The van der Waals surface area contributed by atoms with Crippen LogP contribution in [-0.2, 0) is 20.1 Å². The van der Waals surface area contributed by atoms with Crippen molar-refractivity contribution in [2.45, 2.75) is 46.7 Å². The van der Waals surface area contributed by atoms with Gasteiger partial charge in [0.05, 0.1) is 12.2 Å². The van der Waals surface area contributed by atoms with E-state index in [1.54, 1.807) is 11.7 Å². The second-order valence-corrected chi connectivity index (χ2v) is 7.65. The molecule has 0 spiro atoms. The maximum Gasteiger partial charge on any atom is 0.332 e. The predicted octanol–water partition coefficient (Wildman–Crippen LogP) is 2.55. The highest BCUT2D eigenvalue weighted by Gasteiger charge is 2.22. The number of fused-ring (bicyclic) bond motifs is 1. The first-order valence-electron chi connectivity index (χ1n) is 10.2. The molecule has 3 heterocycles. The quantitative estimate of drug-likeness (QED) is 0.493. The predicted molar refractivity (Wildman–Crippen MR) is 116 cm³/mol. The van der Waals surface area contributed by atoms with Crippen molar-refractivity contribution in [2.75, 3.05) is 0 Å². The highest BCUT2D eigenvalue weighted by molar-refractivity contribution is 5.72. The van der Waals surface area contributed by atoms with Crippen molar-refractivity contribution >= 4 is 11.2 Å². The summed E-state index contributed by atoms with van der Waals surface area (Å²) in [5.74, 6) is 0.564. The molecule has 3 aromatic heterocycles. The van der Waals surface area contributed by atoms with Gasteiger partial charge in [0, 0.05) is 19.3 Å². The van der Waals surface area contributed by atoms with Crippen molar-refractivity contribution in [3.63, 3.8) is 0 Å². The van der Waals surface area contributed by atoms with Crippen LogP contribution in [-0.4, -0.2) is 28.5 Å². The average Bonchev–Trinajstić information content (AvgIpc) is 3.28. The van der Waals surface area contributed by atoms with Crippen LogP contribution >= 0.6 is 0 Å². The molecule has 0 N–H and O–H groups in total. The number of nitrogens with zero attached hydrogens (tertiary/aromatic N) is 6. The Hall–Kier alpha value is -3.42. The third-order valence-corrected chi connectivity index (χ3v) is 5.33. The minimum absolute atomic E-state index is 0.219. The van der Waals surface area contributed by atoms with E-state index in [1.165, 1.54) is 9.13 Å². The van der Waals surface area contributed by atoms with Crippen molar-refractivity contribution in [3.05, 3.63) is 74.2 Å². The minimum atomic E-state index is -0.378. The summed E-state index contributed by atoms with van der Waals surface area (Å²) in [6, 6.07) is 11.5. The molecule has 0 amide bonds. The summed E-state index contributed by atoms with van der Waals surface area (Å²) in [6.45, 7) is 6.82. The molecule has 4 aromatic rings. The molecule has 0 atom stereocenters. The Morgan fingerprint density at radius 3 is 2.40 bits per heavy atom. The van der Waals surface area contributed by atoms with Gasteiger partial charge < -0.3 is 4.57 Å². The lowest BCUT2D eigenvalue weighted by Gasteiger charge is -2.11. The molecule has 0 fully saturated rings. The number of unbranched alkanes of at least 4 members (excludes halogenated alkanes) is 1. The fourth-order valence-corrected chi connectivity index (χ4v) is 3.79. The maximum atomic E-state index is 13.5. The number of rotatable bonds is 6. The summed E-state index contributed by atoms with van der Waals surface area (Å²) in [7, 11) is 1.66. The van der Waals surface area contributed by atoms with Gasteiger partial charge in [-0.15, -0.1) is 0 Å². The van der Waals surface area contributed by atoms with Gasteiger partial charge in [0.25, 0.3) is 5.56 Å². The number of aryl methyl sites for hydroxylation is 4. The second-order valence-electron chi connectivity index (χ2n) is 7.65. The van der Waals surface area contributed by atoms with Crippen molar-refractivity contribution in [1.29, 1.82) is 0 Å². The lowest BCUT2D eigenvalue weighted by molar-refractivity contribution is 0.605. The third-order valence-electron chi connectivity index (χ3n) is 5.33. The molecule has 1 aromatic carbocycles. The van der Waals surface area contributed by atoms with E-state index in [-0.39, 0.29) is 17.8 Å². The monoisotopic (exact) mass is 406 g/mol. The summed E-state index contributed by atoms with van der Waals surface area (Å²) >= 11 is 0. The van der Waals surface area contributed by atoms with Crippen molar-refractivity contribution in [1.82, 2.24) is 28.5 Å². The Kier molecular flexibility index (Phi) is 5.15. The molecular weight excluding hydrogens is 380 g/mol. The van der Waals surface area contributed by atoms with Gasteiger partial charge in [-0.05, 0) is 31.9 Å². The fraction of sp³-hybridized carbons (Fsp3) is 0.364. The Bertz CT molecular complexity index is 1320. The van der Waals surface area contributed by atoms with E-state index in [4.69, 9.17) is 4.98 Å². The first-order valence-corrected chi connectivity index (χ1v) is 10.2. The van der Waals surface area contributed by atoms with Gasteiger partial charge in [0.15, 0.2) is 11.2 Å². The van der Waals surface area contributed by atoms with Crippen LogP contribution in [0.4, 0.5) is 0 Å². The first kappa shape index (κ1) is 19.9. The van der Waals surface area contributed by atoms with E-state index in [9.17, 15) is 9.59 Å². The molecule has 156 valence electrons. The van der Waals surface area contributed by atoms with E-state index in [0.717, 1.165) is 29.8 Å². The van der Waals surface area contributed by atoms with Crippen LogP contribution in [0.15, 0.2) is 46.0 Å². The molecule has 0 unspecified atom stereocenters. The normalized spacial score (nSPS) is 11.5. The summed E-state index contributed by atoms with van der Waals surface area (Å²) < 4.78 is 6.39. The zero-order valence-corrected chi connectivity index (χ0v) is 17.8. The number of aromatic nitrogens is 6. The van der Waals surface area contributed by atoms with Crippen LogP contribution in [0, 0.1) is 13.8 Å². The zero-order valence-electron chi connectivity index (χ0n) is 17.8. The maximum absolute atomic E-state index is 13.5. The highest BCUT2D eigenvalue weighted by atomic mass is 16.2. The Balaban J connectivity index is 2.01. The largest absolute Gasteiger partial charge is 0.332 e. The zero-order chi connectivity index (χ0) is 21.4. The summed E-state index contributed by atoms with van der Waals surface area (Å²) in [6.07, 6.45) is 1.86. The Morgan fingerprint density at radius 2 is 1.77 bits per heavy atom. The van der Waals surface area contributed by atoms with E-state index < -0.39 is 0 Å². The van der Waals surface area contributed by atoms with Gasteiger partial charge in [-0.25, -0.2) is 9.48 Å². The SMILES string of the molecule is CCCCn1c(-n2nc(C)cc2C)nc2c1c(=O)n(Cc1ccccc1)c(=O)n2C. The van der Waals surface area contributed by atoms with Crippen molar-refractivity contribution < 1.29 is 0 Å². The smallest absolute Gasteiger partial charge is 0.302 e. The van der Waals surface area contributed by atoms with Gasteiger partial charge in [0.1, 0.15) is 0 Å². The highest BCUT2D eigenvalue weighted by Crippen LogP contribution is 2.18. The molecule has 30 heavy (non-hydrogen) atoms. The van der Waals surface area contributed by atoms with Crippen molar-refractivity contribution in [2.24, 2.45) is 7.05 Å². The number of imidazole rings is 1. The molecule has 0 aliphatic rings. The van der Waals surface area contributed by atoms with Crippen LogP contribution in [0.1, 0.15) is 36.7 Å². The standard InChI is InChI=1S/C22H26N6O2/c1-5-6-12-26-18-19(23-21(26)28-16(3)13-15(2)24-28)25(4)22(30)27(20(18)29)14-17-10-8-7-9-11-17/h7-11,13H,5-6,12,14H2,1-4H3. The topological polar surface area (TPSA) is 79.6 Å². The Labute approximate surface area is 174 Å². The van der Waals surface area contributed by atoms with E-state index >= 15 is 0 Å².